The van der Waals surface area contributed by atoms with Gasteiger partial charge in [-0.1, -0.05) is 36.4 Å². The lowest BCUT2D eigenvalue weighted by molar-refractivity contribution is -0.137. The lowest BCUT2D eigenvalue weighted by atomic mass is 9.98. The van der Waals surface area contributed by atoms with Gasteiger partial charge in [0.15, 0.2) is 0 Å². The van der Waals surface area contributed by atoms with Crippen LogP contribution in [0.25, 0.3) is 22.3 Å². The zero-order chi connectivity index (χ0) is 25.2. The van der Waals surface area contributed by atoms with E-state index in [1.807, 2.05) is 0 Å². The van der Waals surface area contributed by atoms with E-state index in [1.54, 1.807) is 0 Å². The van der Waals surface area contributed by atoms with E-state index >= 15 is 0 Å². The number of benzene rings is 3. The predicted molar refractivity (Wildman–Crippen MR) is 118 cm³/mol. The van der Waals surface area contributed by atoms with E-state index in [2.05, 4.69) is 4.98 Å². The van der Waals surface area contributed by atoms with Crippen LogP contribution in [0.5, 0.6) is 5.75 Å². The van der Waals surface area contributed by atoms with E-state index < -0.39 is 29.3 Å². The van der Waals surface area contributed by atoms with Crippen molar-refractivity contribution in [3.8, 4) is 28.0 Å². The van der Waals surface area contributed by atoms with Gasteiger partial charge >= 0.3 is 12.1 Å². The maximum Gasteiger partial charge on any atom is 0.417 e. The fourth-order valence-electron chi connectivity index (χ4n) is 3.49. The molecule has 0 radical (unpaired) electrons. The summed E-state index contributed by atoms with van der Waals surface area (Å²) in [5, 5.41) is 8.91. The molecule has 1 heterocycles. The molecule has 0 aliphatic heterocycles. The maximum atomic E-state index is 14.6. The number of carboxylic acids is 1. The monoisotopic (exact) mass is 485 g/mol. The molecule has 4 aromatic rings. The van der Waals surface area contributed by atoms with Gasteiger partial charge in [0.2, 0.25) is 0 Å². The number of carbonyl (C=O) groups is 1. The SMILES string of the molecule is O=C(O)c1ccc(-c2ccc(COc3ccc(-c4ccccc4F)c(C(F)(F)F)c3)cc2F)cn1. The molecule has 35 heavy (non-hydrogen) atoms. The molecule has 0 aliphatic carbocycles. The van der Waals surface area contributed by atoms with Crippen LogP contribution >= 0.6 is 0 Å². The molecule has 178 valence electrons. The third kappa shape index (κ3) is 5.29. The first-order valence-electron chi connectivity index (χ1n) is 10.2. The van der Waals surface area contributed by atoms with E-state index in [-0.39, 0.29) is 34.7 Å². The molecule has 1 aromatic heterocycles. The topological polar surface area (TPSA) is 59.4 Å². The molecule has 0 spiro atoms. The average Bonchev–Trinajstić information content (AvgIpc) is 2.82. The number of hydrogen-bond acceptors (Lipinski definition) is 3. The van der Waals surface area contributed by atoms with Gasteiger partial charge in [-0.2, -0.15) is 13.2 Å². The Morgan fingerprint density at radius 3 is 2.23 bits per heavy atom. The van der Waals surface area contributed by atoms with Crippen molar-refractivity contribution in [1.29, 1.82) is 0 Å². The van der Waals surface area contributed by atoms with Gasteiger partial charge in [-0.25, -0.2) is 18.6 Å². The van der Waals surface area contributed by atoms with Crippen LogP contribution in [-0.4, -0.2) is 16.1 Å². The van der Waals surface area contributed by atoms with Crippen molar-refractivity contribution in [2.24, 2.45) is 0 Å². The van der Waals surface area contributed by atoms with Crippen LogP contribution in [0.15, 0.2) is 79.0 Å². The number of alkyl halides is 3. The molecule has 0 aliphatic rings. The van der Waals surface area contributed by atoms with Gasteiger partial charge in [0, 0.05) is 22.9 Å². The van der Waals surface area contributed by atoms with Gasteiger partial charge in [0.25, 0.3) is 0 Å². The van der Waals surface area contributed by atoms with Crippen molar-refractivity contribution in [1.82, 2.24) is 4.98 Å². The molecule has 0 saturated heterocycles. The van der Waals surface area contributed by atoms with Crippen LogP contribution in [0.2, 0.25) is 0 Å². The Morgan fingerprint density at radius 2 is 1.60 bits per heavy atom. The number of rotatable bonds is 6. The van der Waals surface area contributed by atoms with Crippen molar-refractivity contribution >= 4 is 5.97 Å². The highest BCUT2D eigenvalue weighted by Gasteiger charge is 2.34. The summed E-state index contributed by atoms with van der Waals surface area (Å²) in [4.78, 5) is 14.7. The molecule has 0 atom stereocenters. The van der Waals surface area contributed by atoms with Gasteiger partial charge < -0.3 is 9.84 Å². The maximum absolute atomic E-state index is 14.6. The summed E-state index contributed by atoms with van der Waals surface area (Å²) in [5.74, 6) is -2.74. The summed E-state index contributed by atoms with van der Waals surface area (Å²) in [6.45, 7) is -0.219. The fraction of sp³-hybridized carbons (Fsp3) is 0.0769. The zero-order valence-electron chi connectivity index (χ0n) is 17.8. The smallest absolute Gasteiger partial charge is 0.417 e. The number of nitrogens with zero attached hydrogens (tertiary/aromatic N) is 1. The van der Waals surface area contributed by atoms with E-state index in [9.17, 15) is 26.7 Å². The highest BCUT2D eigenvalue weighted by Crippen LogP contribution is 2.40. The second-order valence-corrected chi connectivity index (χ2v) is 7.53. The molecule has 0 amide bonds. The number of pyridine rings is 1. The third-order valence-corrected chi connectivity index (χ3v) is 5.19. The summed E-state index contributed by atoms with van der Waals surface area (Å²) < 4.78 is 75.2. The molecule has 4 nitrogen and oxygen atoms in total. The first kappa shape index (κ1) is 23.9. The Bertz CT molecular complexity index is 1380. The largest absolute Gasteiger partial charge is 0.489 e. The van der Waals surface area contributed by atoms with Crippen molar-refractivity contribution in [2.75, 3.05) is 0 Å². The van der Waals surface area contributed by atoms with Crippen LogP contribution in [-0.2, 0) is 12.8 Å². The quantitative estimate of drug-likeness (QED) is 0.299. The standard InChI is InChI=1S/C26H16F5NO3/c27-22-4-2-1-3-20(22)19-9-7-17(12-21(19)26(29,30)31)35-14-15-5-8-18(23(28)11-15)16-6-10-24(25(33)34)32-13-16/h1-13H,14H2,(H,33,34). The lowest BCUT2D eigenvalue weighted by Crippen LogP contribution is -2.08. The van der Waals surface area contributed by atoms with Crippen LogP contribution in [0.3, 0.4) is 0 Å². The second kappa shape index (κ2) is 9.54. The third-order valence-electron chi connectivity index (χ3n) is 5.19. The number of hydrogen-bond donors (Lipinski definition) is 1. The minimum atomic E-state index is -4.75. The zero-order valence-corrected chi connectivity index (χ0v) is 17.8. The summed E-state index contributed by atoms with van der Waals surface area (Å²) in [7, 11) is 0. The van der Waals surface area contributed by atoms with Crippen LogP contribution < -0.4 is 4.74 Å². The number of ether oxygens (including phenoxy) is 1. The molecular weight excluding hydrogens is 469 g/mol. The Kier molecular flexibility index (Phi) is 6.50. The normalized spacial score (nSPS) is 11.3. The van der Waals surface area contributed by atoms with Crippen molar-refractivity contribution in [2.45, 2.75) is 12.8 Å². The second-order valence-electron chi connectivity index (χ2n) is 7.53. The first-order valence-corrected chi connectivity index (χ1v) is 10.2. The molecule has 0 fully saturated rings. The minimum absolute atomic E-state index is 0.115. The molecule has 0 saturated carbocycles. The molecule has 9 heteroatoms. The van der Waals surface area contributed by atoms with Crippen LogP contribution in [0, 0.1) is 11.6 Å². The molecule has 0 unspecified atom stereocenters. The summed E-state index contributed by atoms with van der Waals surface area (Å²) >= 11 is 0. The fourth-order valence-corrected chi connectivity index (χ4v) is 3.49. The number of aromatic nitrogens is 1. The van der Waals surface area contributed by atoms with Gasteiger partial charge in [-0.15, -0.1) is 0 Å². The predicted octanol–water partition coefficient (Wildman–Crippen LogP) is 6.99. The summed E-state index contributed by atoms with van der Waals surface area (Å²) in [5.41, 5.74) is -0.855. The van der Waals surface area contributed by atoms with Crippen molar-refractivity contribution < 1.29 is 36.6 Å². The van der Waals surface area contributed by atoms with Gasteiger partial charge in [0.05, 0.1) is 5.56 Å². The Morgan fingerprint density at radius 1 is 0.857 bits per heavy atom. The molecule has 4 rings (SSSR count). The molecular formula is C26H16F5NO3. The van der Waals surface area contributed by atoms with Gasteiger partial charge in [-0.3, -0.25) is 0 Å². The summed E-state index contributed by atoms with van der Waals surface area (Å²) in [6.07, 6.45) is -3.53. The van der Waals surface area contributed by atoms with Crippen molar-refractivity contribution in [3.05, 3.63) is 107 Å². The van der Waals surface area contributed by atoms with Crippen LogP contribution in [0.4, 0.5) is 22.0 Å². The number of aromatic carboxylic acids is 1. The van der Waals surface area contributed by atoms with Crippen molar-refractivity contribution in [3.63, 3.8) is 0 Å². The molecule has 1 N–H and O–H groups in total. The van der Waals surface area contributed by atoms with Gasteiger partial charge in [0.1, 0.15) is 29.7 Å². The highest BCUT2D eigenvalue weighted by atomic mass is 19.4. The Labute approximate surface area is 196 Å². The van der Waals surface area contributed by atoms with E-state index in [4.69, 9.17) is 9.84 Å². The van der Waals surface area contributed by atoms with Crippen LogP contribution in [0.1, 0.15) is 21.6 Å². The van der Waals surface area contributed by atoms with E-state index in [0.29, 0.717) is 11.1 Å². The summed E-state index contributed by atoms with van der Waals surface area (Å²) in [6, 6.07) is 15.2. The van der Waals surface area contributed by atoms with Gasteiger partial charge in [-0.05, 0) is 47.5 Å². The Hall–Kier alpha value is -4.27. The highest BCUT2D eigenvalue weighted by molar-refractivity contribution is 5.85. The lowest BCUT2D eigenvalue weighted by Gasteiger charge is -2.16. The Balaban J connectivity index is 1.55. The number of halogens is 5. The number of carboxylic acid groups (broad SMARTS) is 1. The van der Waals surface area contributed by atoms with E-state index in [0.717, 1.165) is 18.2 Å². The minimum Gasteiger partial charge on any atom is -0.489 e. The molecule has 3 aromatic carbocycles. The average molecular weight is 485 g/mol. The van der Waals surface area contributed by atoms with E-state index in [1.165, 1.54) is 60.8 Å². The first-order chi connectivity index (χ1) is 16.6. The molecule has 0 bridgehead atoms.